The van der Waals surface area contributed by atoms with Gasteiger partial charge in [0, 0.05) is 5.54 Å². The second-order valence-electron chi connectivity index (χ2n) is 3.85. The third kappa shape index (κ3) is 6.05. The molecule has 11 heavy (non-hydrogen) atoms. The van der Waals surface area contributed by atoms with E-state index in [2.05, 4.69) is 12.2 Å². The molecule has 65 valence electrons. The lowest BCUT2D eigenvalue weighted by Crippen LogP contribution is -2.44. The first-order valence-corrected chi connectivity index (χ1v) is 4.15. The molecular weight excluding hydrogens is 138 g/mol. The van der Waals surface area contributed by atoms with Crippen molar-refractivity contribution in [3.8, 4) is 0 Å². The maximum absolute atomic E-state index is 10.4. The Hall–Kier alpha value is -0.370. The summed E-state index contributed by atoms with van der Waals surface area (Å²) in [6, 6.07) is -0.0972. The molecule has 0 saturated heterocycles. The fourth-order valence-corrected chi connectivity index (χ4v) is 0.972. The first-order valence-electron chi connectivity index (χ1n) is 4.15. The summed E-state index contributed by atoms with van der Waals surface area (Å²) in [6.07, 6.45) is 3.89. The van der Waals surface area contributed by atoms with Crippen LogP contribution in [0.15, 0.2) is 0 Å². The Morgan fingerprint density at radius 1 is 1.45 bits per heavy atom. The first-order chi connectivity index (χ1) is 4.99. The van der Waals surface area contributed by atoms with Crippen LogP contribution in [0.25, 0.3) is 0 Å². The highest BCUT2D eigenvalue weighted by Gasteiger charge is 2.15. The Kier molecular flexibility index (Phi) is 4.34. The standard InChI is InChI=1S/C9H18NO/c1-5-6-8(7-11)10-9(2,3)4/h8,10H,5-6H2,1-4H3. The fraction of sp³-hybridized carbons (Fsp3) is 0.889. The molecule has 0 spiro atoms. The summed E-state index contributed by atoms with van der Waals surface area (Å²) in [5, 5.41) is 3.18. The Labute approximate surface area is 69.4 Å². The van der Waals surface area contributed by atoms with Gasteiger partial charge < -0.3 is 5.32 Å². The zero-order valence-corrected chi connectivity index (χ0v) is 7.90. The SMILES string of the molecule is CCCC([C]=O)NC(C)(C)C. The fourth-order valence-electron chi connectivity index (χ4n) is 0.972. The summed E-state index contributed by atoms with van der Waals surface area (Å²) in [4.78, 5) is 10.4. The quantitative estimate of drug-likeness (QED) is 0.670. The summed E-state index contributed by atoms with van der Waals surface area (Å²) >= 11 is 0. The van der Waals surface area contributed by atoms with Gasteiger partial charge in [0.05, 0.1) is 6.04 Å². The van der Waals surface area contributed by atoms with Crippen molar-refractivity contribution in [2.45, 2.75) is 52.1 Å². The average Bonchev–Trinajstić information content (AvgIpc) is 1.84. The van der Waals surface area contributed by atoms with Crippen LogP contribution in [-0.4, -0.2) is 17.9 Å². The van der Waals surface area contributed by atoms with Crippen molar-refractivity contribution in [2.75, 3.05) is 0 Å². The minimum absolute atomic E-state index is 0.0112. The normalized spacial score (nSPS) is 14.5. The van der Waals surface area contributed by atoms with E-state index in [1.54, 1.807) is 0 Å². The predicted octanol–water partition coefficient (Wildman–Crippen LogP) is 1.65. The van der Waals surface area contributed by atoms with E-state index in [1.807, 2.05) is 27.1 Å². The molecule has 0 aromatic rings. The van der Waals surface area contributed by atoms with E-state index >= 15 is 0 Å². The lowest BCUT2D eigenvalue weighted by Gasteiger charge is -2.24. The van der Waals surface area contributed by atoms with E-state index in [-0.39, 0.29) is 11.6 Å². The lowest BCUT2D eigenvalue weighted by molar-refractivity contribution is 0.379. The summed E-state index contributed by atoms with van der Waals surface area (Å²) in [5.74, 6) is 0. The van der Waals surface area contributed by atoms with Crippen molar-refractivity contribution in [1.82, 2.24) is 5.32 Å². The van der Waals surface area contributed by atoms with Gasteiger partial charge in [-0.25, -0.2) is 0 Å². The Morgan fingerprint density at radius 2 is 2.00 bits per heavy atom. The summed E-state index contributed by atoms with van der Waals surface area (Å²) in [5.41, 5.74) is 0.0112. The molecule has 1 N–H and O–H groups in total. The highest BCUT2D eigenvalue weighted by Crippen LogP contribution is 2.03. The Bertz CT molecular complexity index is 115. The molecule has 0 aliphatic heterocycles. The third-order valence-corrected chi connectivity index (χ3v) is 1.33. The van der Waals surface area contributed by atoms with Gasteiger partial charge in [-0.15, -0.1) is 0 Å². The van der Waals surface area contributed by atoms with Gasteiger partial charge in [-0.3, -0.25) is 4.79 Å². The monoisotopic (exact) mass is 156 g/mol. The van der Waals surface area contributed by atoms with Gasteiger partial charge in [-0.2, -0.15) is 0 Å². The number of nitrogens with one attached hydrogen (secondary N) is 1. The number of hydrogen-bond donors (Lipinski definition) is 1. The lowest BCUT2D eigenvalue weighted by atomic mass is 10.1. The number of rotatable bonds is 4. The van der Waals surface area contributed by atoms with Crippen LogP contribution < -0.4 is 5.32 Å². The van der Waals surface area contributed by atoms with E-state index < -0.39 is 0 Å². The first kappa shape index (κ1) is 10.6. The van der Waals surface area contributed by atoms with Crippen LogP contribution in [0.2, 0.25) is 0 Å². The summed E-state index contributed by atoms with van der Waals surface area (Å²) in [7, 11) is 0. The summed E-state index contributed by atoms with van der Waals surface area (Å²) < 4.78 is 0. The molecule has 0 aromatic heterocycles. The second-order valence-corrected chi connectivity index (χ2v) is 3.85. The molecule has 0 heterocycles. The minimum atomic E-state index is -0.0972. The molecule has 1 atom stereocenters. The van der Waals surface area contributed by atoms with Crippen molar-refractivity contribution in [2.24, 2.45) is 0 Å². The third-order valence-electron chi connectivity index (χ3n) is 1.33. The highest BCUT2D eigenvalue weighted by molar-refractivity contribution is 5.58. The van der Waals surface area contributed by atoms with E-state index in [1.165, 1.54) is 0 Å². The van der Waals surface area contributed by atoms with Gasteiger partial charge in [-0.05, 0) is 27.2 Å². The maximum Gasteiger partial charge on any atom is 0.216 e. The van der Waals surface area contributed by atoms with Crippen molar-refractivity contribution >= 4 is 6.29 Å². The Morgan fingerprint density at radius 3 is 2.27 bits per heavy atom. The molecule has 2 heteroatoms. The van der Waals surface area contributed by atoms with Crippen molar-refractivity contribution < 1.29 is 4.79 Å². The van der Waals surface area contributed by atoms with Gasteiger partial charge in [0.25, 0.3) is 0 Å². The molecule has 0 aromatic carbocycles. The van der Waals surface area contributed by atoms with Crippen molar-refractivity contribution in [1.29, 1.82) is 0 Å². The highest BCUT2D eigenvalue weighted by atomic mass is 16.1. The molecule has 0 rings (SSSR count). The van der Waals surface area contributed by atoms with Gasteiger partial charge in [0.15, 0.2) is 0 Å². The Balaban J connectivity index is 3.77. The van der Waals surface area contributed by atoms with Crippen molar-refractivity contribution in [3.63, 3.8) is 0 Å². The zero-order valence-electron chi connectivity index (χ0n) is 7.90. The molecule has 2 nitrogen and oxygen atoms in total. The van der Waals surface area contributed by atoms with E-state index in [0.29, 0.717) is 0 Å². The van der Waals surface area contributed by atoms with E-state index in [4.69, 9.17) is 0 Å². The maximum atomic E-state index is 10.4. The van der Waals surface area contributed by atoms with Crippen LogP contribution in [0.5, 0.6) is 0 Å². The molecule has 0 fully saturated rings. The molecule has 0 aliphatic rings. The van der Waals surface area contributed by atoms with E-state index in [0.717, 1.165) is 12.8 Å². The van der Waals surface area contributed by atoms with E-state index in [9.17, 15) is 4.79 Å². The van der Waals surface area contributed by atoms with Gasteiger partial charge in [0.2, 0.25) is 6.29 Å². The van der Waals surface area contributed by atoms with Crippen LogP contribution in [0, 0.1) is 0 Å². The molecule has 0 amide bonds. The average molecular weight is 156 g/mol. The molecule has 1 radical (unpaired) electrons. The van der Waals surface area contributed by atoms with Gasteiger partial charge in [-0.1, -0.05) is 13.3 Å². The number of hydrogen-bond acceptors (Lipinski definition) is 2. The molecular formula is C9H18NO. The van der Waals surface area contributed by atoms with Crippen LogP contribution in [0.3, 0.4) is 0 Å². The van der Waals surface area contributed by atoms with Gasteiger partial charge >= 0.3 is 0 Å². The summed E-state index contributed by atoms with van der Waals surface area (Å²) in [6.45, 7) is 8.21. The van der Waals surface area contributed by atoms with Gasteiger partial charge in [0.1, 0.15) is 0 Å². The largest absolute Gasteiger partial charge is 0.302 e. The number of carbonyl (C=O) groups excluding carboxylic acids is 1. The predicted molar refractivity (Wildman–Crippen MR) is 47.3 cm³/mol. The zero-order chi connectivity index (χ0) is 8.91. The van der Waals surface area contributed by atoms with Crippen LogP contribution >= 0.6 is 0 Å². The van der Waals surface area contributed by atoms with Crippen LogP contribution in [0.1, 0.15) is 40.5 Å². The molecule has 0 aliphatic carbocycles. The minimum Gasteiger partial charge on any atom is -0.302 e. The molecule has 1 unspecified atom stereocenters. The van der Waals surface area contributed by atoms with Crippen molar-refractivity contribution in [3.05, 3.63) is 0 Å². The van der Waals surface area contributed by atoms with Crippen LogP contribution in [-0.2, 0) is 4.79 Å². The second kappa shape index (κ2) is 4.50. The molecule has 0 bridgehead atoms. The van der Waals surface area contributed by atoms with Crippen LogP contribution in [0.4, 0.5) is 0 Å². The topological polar surface area (TPSA) is 29.1 Å². The molecule has 0 saturated carbocycles. The smallest absolute Gasteiger partial charge is 0.216 e.